The molecule has 0 heterocycles. The fourth-order valence-corrected chi connectivity index (χ4v) is 2.06. The van der Waals surface area contributed by atoms with Crippen LogP contribution in [0, 0.1) is 5.41 Å². The Morgan fingerprint density at radius 1 is 1.09 bits per heavy atom. The van der Waals surface area contributed by atoms with Crippen molar-refractivity contribution in [3.63, 3.8) is 0 Å². The first-order valence-corrected chi connectivity index (χ1v) is 7.29. The van der Waals surface area contributed by atoms with Gasteiger partial charge in [0.05, 0.1) is 13.0 Å². The molecule has 5 heteroatoms. The number of benzene rings is 1. The second-order valence-corrected chi connectivity index (χ2v) is 7.05. The summed E-state index contributed by atoms with van der Waals surface area (Å²) in [5.41, 5.74) is 0.803. The number of rotatable bonds is 6. The number of carboxylic acids is 1. The average molecular weight is 307 g/mol. The third kappa shape index (κ3) is 5.15. The first-order chi connectivity index (χ1) is 10.1. The normalized spacial score (nSPS) is 14.2. The summed E-state index contributed by atoms with van der Waals surface area (Å²) in [5.74, 6) is -1.27. The molecule has 5 nitrogen and oxygen atoms in total. The van der Waals surface area contributed by atoms with E-state index < -0.39 is 11.4 Å². The van der Waals surface area contributed by atoms with Crippen molar-refractivity contribution in [1.29, 1.82) is 0 Å². The maximum Gasteiger partial charge on any atom is 0.304 e. The summed E-state index contributed by atoms with van der Waals surface area (Å²) in [4.78, 5) is 22.9. The largest absolute Gasteiger partial charge is 0.481 e. The fourth-order valence-electron chi connectivity index (χ4n) is 2.06. The molecule has 122 valence electrons. The van der Waals surface area contributed by atoms with Crippen molar-refractivity contribution in [2.75, 3.05) is 13.2 Å². The second-order valence-electron chi connectivity index (χ2n) is 7.05. The van der Waals surface area contributed by atoms with Gasteiger partial charge in [-0.3, -0.25) is 9.59 Å². The number of carboxylic acid groups (broad SMARTS) is 1. The Morgan fingerprint density at radius 3 is 2.05 bits per heavy atom. The number of nitrogens with one attached hydrogen (secondary N) is 1. The van der Waals surface area contributed by atoms with Gasteiger partial charge < -0.3 is 15.5 Å². The molecule has 0 bridgehead atoms. The van der Waals surface area contributed by atoms with Gasteiger partial charge in [-0.2, -0.15) is 0 Å². The first kappa shape index (κ1) is 18.2. The van der Waals surface area contributed by atoms with Crippen LogP contribution in [0.1, 0.15) is 50.0 Å². The summed E-state index contributed by atoms with van der Waals surface area (Å²) in [6, 6.07) is 7.33. The van der Waals surface area contributed by atoms with E-state index in [1.165, 1.54) is 0 Å². The number of hydrogen-bond acceptors (Lipinski definition) is 3. The van der Waals surface area contributed by atoms with Gasteiger partial charge in [0, 0.05) is 17.5 Å². The van der Waals surface area contributed by atoms with Crippen molar-refractivity contribution in [2.45, 2.75) is 39.5 Å². The zero-order valence-corrected chi connectivity index (χ0v) is 13.6. The van der Waals surface area contributed by atoms with E-state index in [1.54, 1.807) is 19.1 Å². The van der Waals surface area contributed by atoms with Crippen LogP contribution in [0.25, 0.3) is 0 Å². The number of hydrogen-bond donors (Lipinski definition) is 3. The Labute approximate surface area is 131 Å². The minimum atomic E-state index is -1.000. The summed E-state index contributed by atoms with van der Waals surface area (Å²) in [5, 5.41) is 20.9. The molecule has 0 aliphatic heterocycles. The molecular formula is C17H25NO4. The van der Waals surface area contributed by atoms with Crippen LogP contribution in [0.3, 0.4) is 0 Å². The van der Waals surface area contributed by atoms with Gasteiger partial charge in [0.2, 0.25) is 0 Å². The van der Waals surface area contributed by atoms with Crippen molar-refractivity contribution < 1.29 is 19.8 Å². The minimum Gasteiger partial charge on any atom is -0.481 e. The predicted octanol–water partition coefficient (Wildman–Crippen LogP) is 2.19. The van der Waals surface area contributed by atoms with Crippen LogP contribution in [0.5, 0.6) is 0 Å². The molecule has 0 aliphatic rings. The lowest BCUT2D eigenvalue weighted by molar-refractivity contribution is -0.140. The molecule has 22 heavy (non-hydrogen) atoms. The highest BCUT2D eigenvalue weighted by Gasteiger charge is 2.27. The van der Waals surface area contributed by atoms with E-state index in [2.05, 4.69) is 26.1 Å². The van der Waals surface area contributed by atoms with E-state index in [0.717, 1.165) is 5.56 Å². The predicted molar refractivity (Wildman–Crippen MR) is 84.9 cm³/mol. The number of carbonyl (C=O) groups is 2. The quantitative estimate of drug-likeness (QED) is 0.752. The van der Waals surface area contributed by atoms with Crippen molar-refractivity contribution in [1.82, 2.24) is 5.32 Å². The van der Waals surface area contributed by atoms with Gasteiger partial charge in [-0.25, -0.2) is 0 Å². The first-order valence-electron chi connectivity index (χ1n) is 7.29. The molecule has 3 N–H and O–H groups in total. The van der Waals surface area contributed by atoms with Crippen molar-refractivity contribution >= 4 is 11.9 Å². The van der Waals surface area contributed by atoms with Gasteiger partial charge >= 0.3 is 5.97 Å². The molecule has 0 aromatic heterocycles. The Morgan fingerprint density at radius 2 is 1.64 bits per heavy atom. The highest BCUT2D eigenvalue weighted by Crippen LogP contribution is 2.22. The summed E-state index contributed by atoms with van der Waals surface area (Å²) < 4.78 is 0. The maximum atomic E-state index is 12.1. The zero-order valence-electron chi connectivity index (χ0n) is 13.6. The maximum absolute atomic E-state index is 12.1. The van der Waals surface area contributed by atoms with E-state index in [9.17, 15) is 14.7 Å². The van der Waals surface area contributed by atoms with Crippen LogP contribution < -0.4 is 5.32 Å². The van der Waals surface area contributed by atoms with E-state index in [-0.39, 0.29) is 30.9 Å². The molecular weight excluding hydrogens is 282 g/mol. The molecule has 1 atom stereocenters. The molecule has 1 unspecified atom stereocenters. The van der Waals surface area contributed by atoms with Gasteiger partial charge in [0.1, 0.15) is 0 Å². The number of carbonyl (C=O) groups excluding carboxylic acids is 1. The van der Waals surface area contributed by atoms with Gasteiger partial charge in [-0.15, -0.1) is 0 Å². The third-order valence-electron chi connectivity index (χ3n) is 3.65. The second kappa shape index (κ2) is 6.92. The Hall–Kier alpha value is -1.88. The average Bonchev–Trinajstić information content (AvgIpc) is 2.43. The molecule has 0 fully saturated rings. The highest BCUT2D eigenvalue weighted by atomic mass is 16.4. The minimum absolute atomic E-state index is 0.0198. The van der Waals surface area contributed by atoms with E-state index in [1.807, 2.05) is 12.1 Å². The Balaban J connectivity index is 2.71. The van der Waals surface area contributed by atoms with E-state index in [4.69, 9.17) is 5.11 Å². The molecule has 0 radical (unpaired) electrons. The van der Waals surface area contributed by atoms with Crippen LogP contribution in [0.15, 0.2) is 24.3 Å². The van der Waals surface area contributed by atoms with Gasteiger partial charge in [0.15, 0.2) is 0 Å². The molecule has 1 amide bonds. The van der Waals surface area contributed by atoms with Crippen LogP contribution in [0.2, 0.25) is 0 Å². The molecule has 0 saturated carbocycles. The third-order valence-corrected chi connectivity index (χ3v) is 3.65. The molecule has 1 aromatic carbocycles. The van der Waals surface area contributed by atoms with E-state index >= 15 is 0 Å². The lowest BCUT2D eigenvalue weighted by Gasteiger charge is -2.25. The topological polar surface area (TPSA) is 86.6 Å². The van der Waals surface area contributed by atoms with Gasteiger partial charge in [-0.05, 0) is 23.1 Å². The summed E-state index contributed by atoms with van der Waals surface area (Å²) in [6.45, 7) is 7.73. The Bertz CT molecular complexity index is 531. The molecule has 0 aliphatic carbocycles. The van der Waals surface area contributed by atoms with Crippen molar-refractivity contribution in [3.05, 3.63) is 35.4 Å². The van der Waals surface area contributed by atoms with Crippen LogP contribution in [-0.4, -0.2) is 35.2 Å². The summed E-state index contributed by atoms with van der Waals surface area (Å²) >= 11 is 0. The molecule has 0 saturated heterocycles. The van der Waals surface area contributed by atoms with Crippen molar-refractivity contribution in [2.24, 2.45) is 5.41 Å². The monoisotopic (exact) mass is 307 g/mol. The standard InChI is InChI=1S/C17H25NO4/c1-16(2,3)13-7-5-12(6-8-13)15(22)18-10-17(4,11-19)9-14(20)21/h5-8,19H,9-11H2,1-4H3,(H,18,22)(H,20,21). The molecule has 1 aromatic rings. The SMILES string of the molecule is CC(CO)(CNC(=O)c1ccc(C(C)(C)C)cc1)CC(=O)O. The summed E-state index contributed by atoms with van der Waals surface area (Å²) in [6.07, 6.45) is -0.202. The van der Waals surface area contributed by atoms with Gasteiger partial charge in [0.25, 0.3) is 5.91 Å². The van der Waals surface area contributed by atoms with Gasteiger partial charge in [-0.1, -0.05) is 39.8 Å². The highest BCUT2D eigenvalue weighted by molar-refractivity contribution is 5.94. The van der Waals surface area contributed by atoms with Crippen LogP contribution in [-0.2, 0) is 10.2 Å². The molecule has 1 rings (SSSR count). The number of amides is 1. The van der Waals surface area contributed by atoms with E-state index in [0.29, 0.717) is 5.56 Å². The zero-order chi connectivity index (χ0) is 17.0. The number of aliphatic hydroxyl groups is 1. The summed E-state index contributed by atoms with van der Waals surface area (Å²) in [7, 11) is 0. The van der Waals surface area contributed by atoms with Crippen LogP contribution >= 0.6 is 0 Å². The smallest absolute Gasteiger partial charge is 0.304 e. The fraction of sp³-hybridized carbons (Fsp3) is 0.529. The lowest BCUT2D eigenvalue weighted by atomic mass is 9.86. The molecule has 0 spiro atoms. The van der Waals surface area contributed by atoms with Crippen LogP contribution in [0.4, 0.5) is 0 Å². The Kier molecular flexibility index (Phi) is 5.72. The lowest BCUT2D eigenvalue weighted by Crippen LogP contribution is -2.39. The number of aliphatic hydroxyl groups excluding tert-OH is 1. The van der Waals surface area contributed by atoms with Crippen molar-refractivity contribution in [3.8, 4) is 0 Å². The number of aliphatic carboxylic acids is 1.